The van der Waals surface area contributed by atoms with Gasteiger partial charge < -0.3 is 14.7 Å². The molecule has 3 fully saturated rings. The molecule has 5 nitrogen and oxygen atoms in total. The van der Waals surface area contributed by atoms with Crippen molar-refractivity contribution in [2.75, 3.05) is 52.5 Å². The monoisotopic (exact) mass is 358 g/mol. The van der Waals surface area contributed by atoms with Crippen LogP contribution in [0.4, 0.5) is 0 Å². The number of nitrogens with zero attached hydrogens (tertiary/aromatic N) is 2. The summed E-state index contributed by atoms with van der Waals surface area (Å²) in [7, 11) is 0. The van der Waals surface area contributed by atoms with E-state index in [1.165, 1.54) is 5.56 Å². The van der Waals surface area contributed by atoms with Gasteiger partial charge in [0.15, 0.2) is 0 Å². The highest BCUT2D eigenvalue weighted by atomic mass is 16.5. The van der Waals surface area contributed by atoms with E-state index in [9.17, 15) is 9.90 Å². The molecule has 4 rings (SSSR count). The van der Waals surface area contributed by atoms with Gasteiger partial charge in [-0.15, -0.1) is 0 Å². The molecule has 0 unspecified atom stereocenters. The molecule has 2 saturated heterocycles. The third kappa shape index (κ3) is 3.53. The normalized spacial score (nSPS) is 33.1. The van der Waals surface area contributed by atoms with Gasteiger partial charge in [0, 0.05) is 39.3 Å². The van der Waals surface area contributed by atoms with Crippen LogP contribution in [0.15, 0.2) is 30.3 Å². The van der Waals surface area contributed by atoms with Crippen LogP contribution in [-0.2, 0) is 9.53 Å². The predicted molar refractivity (Wildman–Crippen MR) is 100 cm³/mol. The van der Waals surface area contributed by atoms with Gasteiger partial charge in [0.1, 0.15) is 0 Å². The molecule has 26 heavy (non-hydrogen) atoms. The molecule has 0 amide bonds. The van der Waals surface area contributed by atoms with Gasteiger partial charge in [-0.1, -0.05) is 30.3 Å². The Labute approximate surface area is 155 Å². The first-order valence-electron chi connectivity index (χ1n) is 9.98. The Bertz CT molecular complexity index is 617. The molecular formula is C21H30N2O3. The Balaban J connectivity index is 1.41. The zero-order valence-corrected chi connectivity index (χ0v) is 15.5. The molecule has 1 aliphatic carbocycles. The average Bonchev–Trinajstić information content (AvgIpc) is 3.07. The standard InChI is InChI=1S/C21H30N2O3/c24-20(25)21-7-6-18(17-4-2-1-3-5-17)14-19(21)15-23(16-21)9-8-22-10-12-26-13-11-22/h1-5,18-19H,6-16H2,(H,24,25)/t18-,19-,21-/m1/s1. The lowest BCUT2D eigenvalue weighted by Crippen LogP contribution is -2.43. The zero-order valence-electron chi connectivity index (χ0n) is 15.5. The molecule has 3 atom stereocenters. The van der Waals surface area contributed by atoms with Crippen LogP contribution in [0, 0.1) is 11.3 Å². The molecule has 5 heteroatoms. The van der Waals surface area contributed by atoms with Crippen molar-refractivity contribution in [1.29, 1.82) is 0 Å². The molecule has 0 spiro atoms. The van der Waals surface area contributed by atoms with Crippen LogP contribution in [0.2, 0.25) is 0 Å². The number of fused-ring (bicyclic) bond motifs is 1. The molecule has 1 aromatic rings. The van der Waals surface area contributed by atoms with Gasteiger partial charge >= 0.3 is 5.97 Å². The van der Waals surface area contributed by atoms with Crippen LogP contribution in [-0.4, -0.2) is 73.4 Å². The van der Waals surface area contributed by atoms with Gasteiger partial charge in [-0.05, 0) is 36.7 Å². The van der Waals surface area contributed by atoms with Crippen LogP contribution in [0.3, 0.4) is 0 Å². The Hall–Kier alpha value is -1.43. The van der Waals surface area contributed by atoms with Crippen molar-refractivity contribution in [3.63, 3.8) is 0 Å². The number of likely N-dealkylation sites (tertiary alicyclic amines) is 1. The molecule has 2 aliphatic heterocycles. The molecule has 0 aromatic heterocycles. The first kappa shape index (κ1) is 18.0. The number of benzene rings is 1. The molecular weight excluding hydrogens is 328 g/mol. The van der Waals surface area contributed by atoms with Crippen LogP contribution >= 0.6 is 0 Å². The highest BCUT2D eigenvalue weighted by Crippen LogP contribution is 2.51. The molecule has 1 N–H and O–H groups in total. The first-order chi connectivity index (χ1) is 12.7. The number of ether oxygens (including phenoxy) is 1. The largest absolute Gasteiger partial charge is 0.481 e. The lowest BCUT2D eigenvalue weighted by molar-refractivity contribution is -0.152. The van der Waals surface area contributed by atoms with E-state index in [1.54, 1.807) is 0 Å². The maximum absolute atomic E-state index is 12.2. The molecule has 1 saturated carbocycles. The maximum atomic E-state index is 12.2. The van der Waals surface area contributed by atoms with Crippen molar-refractivity contribution < 1.29 is 14.6 Å². The first-order valence-corrected chi connectivity index (χ1v) is 9.98. The summed E-state index contributed by atoms with van der Waals surface area (Å²) in [5.74, 6) is 0.194. The number of hydrogen-bond acceptors (Lipinski definition) is 4. The van der Waals surface area contributed by atoms with E-state index in [4.69, 9.17) is 4.74 Å². The third-order valence-electron chi connectivity index (χ3n) is 6.81. The van der Waals surface area contributed by atoms with Crippen LogP contribution in [0.1, 0.15) is 30.7 Å². The second kappa shape index (κ2) is 7.67. The number of carbonyl (C=O) groups is 1. The highest BCUT2D eigenvalue weighted by molar-refractivity contribution is 5.76. The lowest BCUT2D eigenvalue weighted by atomic mass is 9.64. The Kier molecular flexibility index (Phi) is 5.30. The summed E-state index contributed by atoms with van der Waals surface area (Å²) in [5.41, 5.74) is 0.842. The second-order valence-electron chi connectivity index (χ2n) is 8.23. The van der Waals surface area contributed by atoms with E-state index in [0.717, 1.165) is 71.7 Å². The molecule has 1 aromatic carbocycles. The summed E-state index contributed by atoms with van der Waals surface area (Å²) < 4.78 is 5.42. The zero-order chi connectivity index (χ0) is 18.0. The fourth-order valence-electron chi connectivity index (χ4n) is 5.21. The van der Waals surface area contributed by atoms with Gasteiger partial charge in [0.05, 0.1) is 18.6 Å². The Morgan fingerprint density at radius 1 is 1.15 bits per heavy atom. The van der Waals surface area contributed by atoms with E-state index in [-0.39, 0.29) is 5.92 Å². The fourth-order valence-corrected chi connectivity index (χ4v) is 5.21. The number of carboxylic acids is 1. The van der Waals surface area contributed by atoms with Gasteiger partial charge in [0.25, 0.3) is 0 Å². The fraction of sp³-hybridized carbons (Fsp3) is 0.667. The van der Waals surface area contributed by atoms with E-state index in [2.05, 4.69) is 40.1 Å². The number of rotatable bonds is 5. The van der Waals surface area contributed by atoms with Crippen molar-refractivity contribution in [3.05, 3.63) is 35.9 Å². The molecule has 0 radical (unpaired) electrons. The Morgan fingerprint density at radius 3 is 2.62 bits per heavy atom. The van der Waals surface area contributed by atoms with Crippen molar-refractivity contribution in [1.82, 2.24) is 9.80 Å². The van der Waals surface area contributed by atoms with Gasteiger partial charge in [-0.2, -0.15) is 0 Å². The van der Waals surface area contributed by atoms with Crippen molar-refractivity contribution in [3.8, 4) is 0 Å². The van der Waals surface area contributed by atoms with Crippen molar-refractivity contribution in [2.24, 2.45) is 11.3 Å². The second-order valence-corrected chi connectivity index (χ2v) is 8.23. The van der Waals surface area contributed by atoms with Crippen LogP contribution in [0.25, 0.3) is 0 Å². The summed E-state index contributed by atoms with van der Waals surface area (Å²) in [6.07, 6.45) is 2.80. The molecule has 142 valence electrons. The van der Waals surface area contributed by atoms with E-state index < -0.39 is 11.4 Å². The van der Waals surface area contributed by atoms with Gasteiger partial charge in [-0.3, -0.25) is 9.69 Å². The molecule has 0 bridgehead atoms. The molecule has 2 heterocycles. The van der Waals surface area contributed by atoms with Crippen LogP contribution in [0.5, 0.6) is 0 Å². The number of carboxylic acid groups (broad SMARTS) is 1. The van der Waals surface area contributed by atoms with Crippen molar-refractivity contribution in [2.45, 2.75) is 25.2 Å². The summed E-state index contributed by atoms with van der Waals surface area (Å²) in [4.78, 5) is 17.0. The average molecular weight is 358 g/mol. The summed E-state index contributed by atoms with van der Waals surface area (Å²) in [6.45, 7) is 7.28. The van der Waals surface area contributed by atoms with E-state index >= 15 is 0 Å². The topological polar surface area (TPSA) is 53.0 Å². The third-order valence-corrected chi connectivity index (χ3v) is 6.81. The minimum absolute atomic E-state index is 0.267. The quantitative estimate of drug-likeness (QED) is 0.875. The van der Waals surface area contributed by atoms with Gasteiger partial charge in [0.2, 0.25) is 0 Å². The number of morpholine rings is 1. The van der Waals surface area contributed by atoms with E-state index in [0.29, 0.717) is 5.92 Å². The smallest absolute Gasteiger partial charge is 0.311 e. The highest BCUT2D eigenvalue weighted by Gasteiger charge is 2.54. The summed E-state index contributed by atoms with van der Waals surface area (Å²) in [5, 5.41) is 10.0. The molecule has 3 aliphatic rings. The Morgan fingerprint density at radius 2 is 1.88 bits per heavy atom. The number of aliphatic carboxylic acids is 1. The SMILES string of the molecule is O=C(O)[C@@]12CC[C@@H](c3ccccc3)C[C@@H]1CN(CCN1CCOCC1)C2. The minimum Gasteiger partial charge on any atom is -0.481 e. The number of hydrogen-bond donors (Lipinski definition) is 1. The predicted octanol–water partition coefficient (Wildman–Crippen LogP) is 2.29. The van der Waals surface area contributed by atoms with Crippen molar-refractivity contribution >= 4 is 5.97 Å². The van der Waals surface area contributed by atoms with Crippen LogP contribution < -0.4 is 0 Å². The summed E-state index contributed by atoms with van der Waals surface area (Å²) in [6, 6.07) is 10.6. The minimum atomic E-state index is -0.581. The lowest BCUT2D eigenvalue weighted by Gasteiger charge is -2.38. The maximum Gasteiger partial charge on any atom is 0.311 e. The van der Waals surface area contributed by atoms with E-state index in [1.807, 2.05) is 0 Å². The summed E-state index contributed by atoms with van der Waals surface area (Å²) >= 11 is 0. The van der Waals surface area contributed by atoms with Gasteiger partial charge in [-0.25, -0.2) is 0 Å².